The Bertz CT molecular complexity index is 1180. The van der Waals surface area contributed by atoms with Gasteiger partial charge < -0.3 is 19.5 Å². The Kier molecular flexibility index (Phi) is 6.56. The predicted octanol–water partition coefficient (Wildman–Crippen LogP) is 5.45. The Labute approximate surface area is 197 Å². The molecule has 1 heterocycles. The average Bonchev–Trinajstić information content (AvgIpc) is 3.28. The lowest BCUT2D eigenvalue weighted by Gasteiger charge is -2.30. The fourth-order valence-corrected chi connectivity index (χ4v) is 4.77. The van der Waals surface area contributed by atoms with Crippen molar-refractivity contribution in [3.05, 3.63) is 82.9 Å². The van der Waals surface area contributed by atoms with Crippen LogP contribution >= 0.6 is 11.6 Å². The molecule has 0 spiro atoms. The molecule has 1 aliphatic heterocycles. The van der Waals surface area contributed by atoms with E-state index in [1.54, 1.807) is 24.3 Å². The van der Waals surface area contributed by atoms with E-state index in [1.807, 2.05) is 42.5 Å². The van der Waals surface area contributed by atoms with Gasteiger partial charge in [-0.2, -0.15) is 0 Å². The molecule has 0 aromatic heterocycles. The number of carboxylic acid groups (broad SMARTS) is 1. The van der Waals surface area contributed by atoms with E-state index < -0.39 is 24.0 Å². The minimum atomic E-state index is -1.05. The molecule has 4 rings (SSSR count). The van der Waals surface area contributed by atoms with Crippen LogP contribution in [0.2, 0.25) is 5.02 Å². The van der Waals surface area contributed by atoms with Crippen molar-refractivity contribution in [2.45, 2.75) is 24.9 Å². The van der Waals surface area contributed by atoms with Crippen LogP contribution in [0, 0.1) is 0 Å². The van der Waals surface area contributed by atoms with Crippen LogP contribution in [-0.2, 0) is 4.79 Å². The molecular formula is C26H24ClNO5. The van der Waals surface area contributed by atoms with Gasteiger partial charge in [0.25, 0.3) is 5.91 Å². The van der Waals surface area contributed by atoms with Crippen LogP contribution in [0.5, 0.6) is 11.5 Å². The molecule has 1 aliphatic rings. The number of nitrogens with zero attached hydrogens (tertiary/aromatic N) is 1. The number of rotatable bonds is 6. The Morgan fingerprint density at radius 2 is 1.58 bits per heavy atom. The molecule has 0 aliphatic carbocycles. The monoisotopic (exact) mass is 465 g/mol. The van der Waals surface area contributed by atoms with E-state index in [0.717, 1.165) is 16.7 Å². The van der Waals surface area contributed by atoms with Gasteiger partial charge in [-0.05, 0) is 42.2 Å². The molecule has 3 aromatic carbocycles. The zero-order valence-electron chi connectivity index (χ0n) is 18.3. The number of ether oxygens (including phenoxy) is 2. The Hall–Kier alpha value is -3.51. The highest BCUT2D eigenvalue weighted by molar-refractivity contribution is 6.31. The summed E-state index contributed by atoms with van der Waals surface area (Å²) in [7, 11) is 2.98. The number of benzene rings is 3. The van der Waals surface area contributed by atoms with Gasteiger partial charge in [-0.1, -0.05) is 60.1 Å². The van der Waals surface area contributed by atoms with Crippen molar-refractivity contribution in [1.82, 2.24) is 4.90 Å². The topological polar surface area (TPSA) is 76.1 Å². The van der Waals surface area contributed by atoms with Gasteiger partial charge in [0.1, 0.15) is 6.04 Å². The molecule has 170 valence electrons. The maximum absolute atomic E-state index is 13.8. The van der Waals surface area contributed by atoms with E-state index in [-0.39, 0.29) is 11.3 Å². The largest absolute Gasteiger partial charge is 0.492 e. The van der Waals surface area contributed by atoms with E-state index in [9.17, 15) is 14.7 Å². The summed E-state index contributed by atoms with van der Waals surface area (Å²) in [5, 5.41) is 10.3. The molecule has 33 heavy (non-hydrogen) atoms. The van der Waals surface area contributed by atoms with Crippen LogP contribution in [0.25, 0.3) is 11.1 Å². The number of likely N-dealkylation sites (tertiary alicyclic amines) is 1. The summed E-state index contributed by atoms with van der Waals surface area (Å²) >= 11 is 6.41. The third-order valence-electron chi connectivity index (χ3n) is 6.00. The Morgan fingerprint density at radius 1 is 0.909 bits per heavy atom. The van der Waals surface area contributed by atoms with Crippen LogP contribution in [0.1, 0.15) is 34.8 Å². The van der Waals surface area contributed by atoms with Gasteiger partial charge >= 0.3 is 5.97 Å². The lowest BCUT2D eigenvalue weighted by molar-refractivity contribution is -0.141. The molecule has 7 heteroatoms. The average molecular weight is 466 g/mol. The molecule has 0 radical (unpaired) electrons. The van der Waals surface area contributed by atoms with Gasteiger partial charge in [0.15, 0.2) is 11.5 Å². The van der Waals surface area contributed by atoms with Crippen LogP contribution in [0.15, 0.2) is 66.7 Å². The normalized spacial score (nSPS) is 17.6. The van der Waals surface area contributed by atoms with Crippen molar-refractivity contribution in [1.29, 1.82) is 0 Å². The Balaban J connectivity index is 1.82. The minimum Gasteiger partial charge on any atom is -0.492 e. The highest BCUT2D eigenvalue weighted by atomic mass is 35.5. The number of hydrogen-bond donors (Lipinski definition) is 1. The summed E-state index contributed by atoms with van der Waals surface area (Å²) in [6, 6.07) is 18.8. The van der Waals surface area contributed by atoms with Gasteiger partial charge in [0.05, 0.1) is 25.8 Å². The van der Waals surface area contributed by atoms with Crippen LogP contribution < -0.4 is 9.47 Å². The quantitative estimate of drug-likeness (QED) is 0.523. The van der Waals surface area contributed by atoms with Crippen molar-refractivity contribution in [3.8, 4) is 22.6 Å². The molecule has 0 unspecified atom stereocenters. The number of carbonyl (C=O) groups is 2. The standard InChI is InChI=1S/C26H24ClNO5/c1-32-23-17(16-8-4-3-5-9-16)12-13-19(24(23)33-2)25(29)28-21(14-15-22(28)26(30)31)18-10-6-7-11-20(18)27/h3-13,21-22H,14-15H2,1-2H3,(H,30,31)/t21-,22+/m1/s1. The summed E-state index contributed by atoms with van der Waals surface area (Å²) in [5.41, 5.74) is 2.64. The van der Waals surface area contributed by atoms with Gasteiger partial charge in [0, 0.05) is 10.6 Å². The maximum Gasteiger partial charge on any atom is 0.326 e. The zero-order valence-corrected chi connectivity index (χ0v) is 19.1. The molecule has 1 saturated heterocycles. The third-order valence-corrected chi connectivity index (χ3v) is 6.35. The summed E-state index contributed by atoms with van der Waals surface area (Å²) < 4.78 is 11.3. The summed E-state index contributed by atoms with van der Waals surface area (Å²) in [4.78, 5) is 27.3. The fourth-order valence-electron chi connectivity index (χ4n) is 4.51. The number of halogens is 1. The number of carboxylic acids is 1. The highest BCUT2D eigenvalue weighted by Crippen LogP contribution is 2.44. The van der Waals surface area contributed by atoms with E-state index in [0.29, 0.717) is 23.6 Å². The van der Waals surface area contributed by atoms with Crippen molar-refractivity contribution in [2.24, 2.45) is 0 Å². The number of carbonyl (C=O) groups excluding carboxylic acids is 1. The predicted molar refractivity (Wildman–Crippen MR) is 126 cm³/mol. The Morgan fingerprint density at radius 3 is 2.21 bits per heavy atom. The summed E-state index contributed by atoms with van der Waals surface area (Å²) in [6.07, 6.45) is 0.826. The molecule has 1 amide bonds. The first-order valence-corrected chi connectivity index (χ1v) is 11.0. The second-order valence-corrected chi connectivity index (χ2v) is 8.18. The van der Waals surface area contributed by atoms with Crippen molar-refractivity contribution < 1.29 is 24.2 Å². The molecule has 3 aromatic rings. The van der Waals surface area contributed by atoms with E-state index in [2.05, 4.69) is 0 Å². The SMILES string of the molecule is COc1c(C(=O)N2[C@@H](c3ccccc3Cl)CC[C@H]2C(=O)O)ccc(-c2ccccc2)c1OC. The zero-order chi connectivity index (χ0) is 23.5. The number of hydrogen-bond acceptors (Lipinski definition) is 4. The fraction of sp³-hybridized carbons (Fsp3) is 0.231. The van der Waals surface area contributed by atoms with Crippen LogP contribution in [-0.4, -0.2) is 42.1 Å². The van der Waals surface area contributed by atoms with Gasteiger partial charge in [-0.3, -0.25) is 4.79 Å². The molecule has 1 fully saturated rings. The van der Waals surface area contributed by atoms with Crippen LogP contribution in [0.3, 0.4) is 0 Å². The maximum atomic E-state index is 13.8. The lowest BCUT2D eigenvalue weighted by atomic mass is 9.99. The van der Waals surface area contributed by atoms with Gasteiger partial charge in [0.2, 0.25) is 0 Å². The smallest absolute Gasteiger partial charge is 0.326 e. The van der Waals surface area contributed by atoms with Crippen LogP contribution in [0.4, 0.5) is 0 Å². The molecule has 0 bridgehead atoms. The molecular weight excluding hydrogens is 442 g/mol. The number of aliphatic carboxylic acids is 1. The van der Waals surface area contributed by atoms with Crippen molar-refractivity contribution in [2.75, 3.05) is 14.2 Å². The highest BCUT2D eigenvalue weighted by Gasteiger charge is 2.43. The van der Waals surface area contributed by atoms with E-state index in [4.69, 9.17) is 21.1 Å². The minimum absolute atomic E-state index is 0.235. The summed E-state index contributed by atoms with van der Waals surface area (Å²) in [6.45, 7) is 0. The number of amides is 1. The van der Waals surface area contributed by atoms with Gasteiger partial charge in [-0.25, -0.2) is 4.79 Å². The number of methoxy groups -OCH3 is 2. The first-order chi connectivity index (χ1) is 16.0. The van der Waals surface area contributed by atoms with E-state index in [1.165, 1.54) is 19.1 Å². The molecule has 1 N–H and O–H groups in total. The van der Waals surface area contributed by atoms with E-state index >= 15 is 0 Å². The molecule has 0 saturated carbocycles. The van der Waals surface area contributed by atoms with Crippen molar-refractivity contribution >= 4 is 23.5 Å². The lowest BCUT2D eigenvalue weighted by Crippen LogP contribution is -2.42. The molecule has 6 nitrogen and oxygen atoms in total. The third kappa shape index (κ3) is 4.14. The van der Waals surface area contributed by atoms with Crippen molar-refractivity contribution in [3.63, 3.8) is 0 Å². The first kappa shape index (κ1) is 22.7. The second kappa shape index (κ2) is 9.55. The second-order valence-electron chi connectivity index (χ2n) is 7.77. The molecule has 2 atom stereocenters. The summed E-state index contributed by atoms with van der Waals surface area (Å²) in [5.74, 6) is -0.822. The first-order valence-electron chi connectivity index (χ1n) is 10.6. The van der Waals surface area contributed by atoms with Gasteiger partial charge in [-0.15, -0.1) is 0 Å².